The second-order valence-electron chi connectivity index (χ2n) is 4.24. The van der Waals surface area contributed by atoms with Crippen molar-refractivity contribution in [3.05, 3.63) is 53.8 Å². The van der Waals surface area contributed by atoms with Crippen molar-refractivity contribution in [1.29, 1.82) is 0 Å². The van der Waals surface area contributed by atoms with Crippen LogP contribution in [0.25, 0.3) is 0 Å². The Bertz CT molecular complexity index is 643. The number of carbonyl (C=O) groups excluding carboxylic acids is 1. The maximum atomic E-state index is 13.3. The third-order valence-electron chi connectivity index (χ3n) is 2.87. The summed E-state index contributed by atoms with van der Waals surface area (Å²) in [5, 5.41) is 0. The molecule has 3 nitrogen and oxygen atoms in total. The molecule has 0 fully saturated rings. The zero-order valence-electron chi connectivity index (χ0n) is 11.8. The van der Waals surface area contributed by atoms with Gasteiger partial charge in [0.1, 0.15) is 17.3 Å². The Morgan fingerprint density at radius 3 is 2.67 bits per heavy atom. The predicted molar refractivity (Wildman–Crippen MR) is 81.0 cm³/mol. The lowest BCUT2D eigenvalue weighted by molar-refractivity contribution is 0.101. The molecule has 21 heavy (non-hydrogen) atoms. The molecule has 0 saturated heterocycles. The number of ketones is 1. The molecule has 0 aromatic heterocycles. The Morgan fingerprint density at radius 1 is 1.14 bits per heavy atom. The molecule has 0 N–H and O–H groups in total. The fraction of sp³-hybridized carbons (Fsp3) is 0.188. The number of rotatable bonds is 6. The second-order valence-corrected chi connectivity index (χ2v) is 5.28. The van der Waals surface area contributed by atoms with Gasteiger partial charge in [0.05, 0.1) is 25.5 Å². The molecule has 0 spiro atoms. The van der Waals surface area contributed by atoms with Crippen molar-refractivity contribution in [2.24, 2.45) is 0 Å². The van der Waals surface area contributed by atoms with Gasteiger partial charge in [-0.15, -0.1) is 11.8 Å². The van der Waals surface area contributed by atoms with Gasteiger partial charge in [-0.25, -0.2) is 4.39 Å². The van der Waals surface area contributed by atoms with Crippen LogP contribution in [-0.4, -0.2) is 25.8 Å². The first kappa shape index (κ1) is 15.4. The van der Waals surface area contributed by atoms with Crippen LogP contribution in [0.3, 0.4) is 0 Å². The Balaban J connectivity index is 2.09. The van der Waals surface area contributed by atoms with Crippen molar-refractivity contribution in [2.75, 3.05) is 20.0 Å². The average molecular weight is 306 g/mol. The van der Waals surface area contributed by atoms with Crippen LogP contribution in [0, 0.1) is 5.82 Å². The van der Waals surface area contributed by atoms with E-state index in [1.807, 2.05) is 24.3 Å². The maximum Gasteiger partial charge on any atom is 0.176 e. The highest BCUT2D eigenvalue weighted by Gasteiger charge is 2.14. The summed E-state index contributed by atoms with van der Waals surface area (Å²) in [4.78, 5) is 13.1. The molecule has 0 aliphatic rings. The lowest BCUT2D eigenvalue weighted by Crippen LogP contribution is -2.05. The highest BCUT2D eigenvalue weighted by Crippen LogP contribution is 2.26. The number of ether oxygens (including phenoxy) is 2. The van der Waals surface area contributed by atoms with Gasteiger partial charge in [0.25, 0.3) is 0 Å². The number of thioether (sulfide) groups is 1. The van der Waals surface area contributed by atoms with E-state index in [9.17, 15) is 9.18 Å². The Labute approximate surface area is 127 Å². The lowest BCUT2D eigenvalue weighted by atomic mass is 10.1. The summed E-state index contributed by atoms with van der Waals surface area (Å²) < 4.78 is 23.5. The summed E-state index contributed by atoms with van der Waals surface area (Å²) in [5.74, 6) is 0.681. The van der Waals surface area contributed by atoms with Gasteiger partial charge in [-0.2, -0.15) is 0 Å². The number of halogens is 1. The van der Waals surface area contributed by atoms with E-state index < -0.39 is 5.82 Å². The van der Waals surface area contributed by atoms with E-state index in [0.29, 0.717) is 5.75 Å². The molecule has 0 aliphatic heterocycles. The second kappa shape index (κ2) is 7.13. The molecule has 0 heterocycles. The number of hydrogen-bond acceptors (Lipinski definition) is 4. The lowest BCUT2D eigenvalue weighted by Gasteiger charge is -2.08. The number of benzene rings is 2. The van der Waals surface area contributed by atoms with Crippen molar-refractivity contribution in [2.45, 2.75) is 4.90 Å². The largest absolute Gasteiger partial charge is 0.497 e. The summed E-state index contributed by atoms with van der Waals surface area (Å²) in [6, 6.07) is 11.4. The minimum atomic E-state index is -0.453. The van der Waals surface area contributed by atoms with Gasteiger partial charge < -0.3 is 9.47 Å². The normalized spacial score (nSPS) is 10.2. The van der Waals surface area contributed by atoms with Gasteiger partial charge in [0, 0.05) is 4.90 Å². The number of hydrogen-bond donors (Lipinski definition) is 0. The summed E-state index contributed by atoms with van der Waals surface area (Å²) in [6.07, 6.45) is 0. The van der Waals surface area contributed by atoms with E-state index in [0.717, 1.165) is 10.6 Å². The summed E-state index contributed by atoms with van der Waals surface area (Å²) >= 11 is 1.37. The van der Waals surface area contributed by atoms with Crippen molar-refractivity contribution >= 4 is 17.5 Å². The Kier molecular flexibility index (Phi) is 5.22. The zero-order valence-corrected chi connectivity index (χ0v) is 12.6. The number of carbonyl (C=O) groups is 1. The van der Waals surface area contributed by atoms with Gasteiger partial charge in [0.2, 0.25) is 0 Å². The molecule has 2 rings (SSSR count). The molecule has 0 aliphatic carbocycles. The van der Waals surface area contributed by atoms with Crippen LogP contribution in [-0.2, 0) is 0 Å². The first-order chi connectivity index (χ1) is 10.1. The summed E-state index contributed by atoms with van der Waals surface area (Å²) in [5.41, 5.74) is 0.257. The molecule has 0 amide bonds. The highest BCUT2D eigenvalue weighted by atomic mass is 32.2. The topological polar surface area (TPSA) is 35.5 Å². The van der Waals surface area contributed by atoms with Crippen molar-refractivity contribution in [1.82, 2.24) is 0 Å². The standard InChI is InChI=1S/C16H15FO3S/c1-19-12-4-3-5-13(9-12)21-10-15(18)14-8-11(17)6-7-16(14)20-2/h3-9H,10H2,1-2H3. The van der Waals surface area contributed by atoms with Crippen LogP contribution < -0.4 is 9.47 Å². The SMILES string of the molecule is COc1cccc(SCC(=O)c2cc(F)ccc2OC)c1. The van der Waals surface area contributed by atoms with Gasteiger partial charge >= 0.3 is 0 Å². The number of methoxy groups -OCH3 is 2. The third kappa shape index (κ3) is 3.98. The molecule has 5 heteroatoms. The molecule has 2 aromatic carbocycles. The summed E-state index contributed by atoms with van der Waals surface area (Å²) in [6.45, 7) is 0. The fourth-order valence-corrected chi connectivity index (χ4v) is 2.64. The molecule has 110 valence electrons. The van der Waals surface area contributed by atoms with Gasteiger partial charge in [-0.3, -0.25) is 4.79 Å². The highest BCUT2D eigenvalue weighted by molar-refractivity contribution is 8.00. The van der Waals surface area contributed by atoms with E-state index in [2.05, 4.69) is 0 Å². The smallest absolute Gasteiger partial charge is 0.176 e. The summed E-state index contributed by atoms with van der Waals surface area (Å²) in [7, 11) is 3.05. The van der Waals surface area contributed by atoms with Crippen molar-refractivity contribution < 1.29 is 18.7 Å². The van der Waals surface area contributed by atoms with Gasteiger partial charge in [-0.05, 0) is 36.4 Å². The molecule has 0 atom stereocenters. The average Bonchev–Trinajstić information content (AvgIpc) is 2.52. The maximum absolute atomic E-state index is 13.3. The molecule has 2 aromatic rings. The Hall–Kier alpha value is -2.01. The van der Waals surface area contributed by atoms with Crippen LogP contribution in [0.15, 0.2) is 47.4 Å². The fourth-order valence-electron chi connectivity index (χ4n) is 1.82. The first-order valence-electron chi connectivity index (χ1n) is 6.27. The van der Waals surface area contributed by atoms with E-state index >= 15 is 0 Å². The number of Topliss-reactive ketones (excluding diaryl/α,β-unsaturated/α-hetero) is 1. The monoisotopic (exact) mass is 306 g/mol. The van der Waals surface area contributed by atoms with Crippen LogP contribution in [0.4, 0.5) is 4.39 Å². The van der Waals surface area contributed by atoms with Crippen LogP contribution >= 0.6 is 11.8 Å². The van der Waals surface area contributed by atoms with E-state index in [1.54, 1.807) is 7.11 Å². The third-order valence-corrected chi connectivity index (χ3v) is 3.87. The Morgan fingerprint density at radius 2 is 1.95 bits per heavy atom. The zero-order chi connectivity index (χ0) is 15.2. The van der Waals surface area contributed by atoms with Crippen molar-refractivity contribution in [3.8, 4) is 11.5 Å². The minimum absolute atomic E-state index is 0.181. The first-order valence-corrected chi connectivity index (χ1v) is 7.26. The van der Waals surface area contributed by atoms with Gasteiger partial charge in [-0.1, -0.05) is 6.07 Å². The molecular formula is C16H15FO3S. The molecule has 0 bridgehead atoms. The molecule has 0 saturated carbocycles. The van der Waals surface area contributed by atoms with E-state index in [4.69, 9.17) is 9.47 Å². The predicted octanol–water partition coefficient (Wildman–Crippen LogP) is 3.82. The molecule has 0 unspecified atom stereocenters. The van der Waals surface area contributed by atoms with Crippen LogP contribution in [0.5, 0.6) is 11.5 Å². The van der Waals surface area contributed by atoms with Crippen LogP contribution in [0.2, 0.25) is 0 Å². The van der Waals surface area contributed by atoms with Crippen LogP contribution in [0.1, 0.15) is 10.4 Å². The molecular weight excluding hydrogens is 291 g/mol. The van der Waals surface area contributed by atoms with E-state index in [1.165, 1.54) is 37.1 Å². The van der Waals surface area contributed by atoms with Gasteiger partial charge in [0.15, 0.2) is 5.78 Å². The van der Waals surface area contributed by atoms with E-state index in [-0.39, 0.29) is 17.1 Å². The molecule has 0 radical (unpaired) electrons. The minimum Gasteiger partial charge on any atom is -0.497 e. The van der Waals surface area contributed by atoms with Crippen molar-refractivity contribution in [3.63, 3.8) is 0 Å². The quantitative estimate of drug-likeness (QED) is 0.600.